The van der Waals surface area contributed by atoms with Crippen LogP contribution in [0.15, 0.2) is 64.8 Å². The number of fused-ring (bicyclic) bond motifs is 3. The predicted molar refractivity (Wildman–Crippen MR) is 149 cm³/mol. The molecule has 7 rings (SSSR count). The van der Waals surface area contributed by atoms with E-state index in [9.17, 15) is 4.79 Å². The molecule has 5 heterocycles. The molecule has 0 N–H and O–H groups in total. The molecule has 3 aromatic rings. The molecule has 5 heteroatoms. The van der Waals surface area contributed by atoms with Gasteiger partial charge in [0.2, 0.25) is 5.91 Å². The Kier molecular flexibility index (Phi) is 5.81. The van der Waals surface area contributed by atoms with Gasteiger partial charge in [0.15, 0.2) is 0 Å². The molecule has 1 amide bonds. The van der Waals surface area contributed by atoms with Crippen molar-refractivity contribution in [1.82, 2.24) is 14.4 Å². The third kappa shape index (κ3) is 3.86. The van der Waals surface area contributed by atoms with Crippen molar-refractivity contribution in [3.63, 3.8) is 0 Å². The minimum atomic E-state index is 0.303. The van der Waals surface area contributed by atoms with Gasteiger partial charge in [-0.15, -0.1) is 0 Å². The number of hydrogen-bond donors (Lipinski definition) is 0. The summed E-state index contributed by atoms with van der Waals surface area (Å²) in [5, 5.41) is 1.23. The van der Waals surface area contributed by atoms with E-state index in [1.165, 1.54) is 60.8 Å². The Morgan fingerprint density at radius 2 is 1.78 bits per heavy atom. The third-order valence-corrected chi connectivity index (χ3v) is 9.86. The van der Waals surface area contributed by atoms with Crippen molar-refractivity contribution in [3.8, 4) is 0 Å². The van der Waals surface area contributed by atoms with Gasteiger partial charge in [0.05, 0.1) is 0 Å². The molecule has 4 aliphatic rings. The minimum absolute atomic E-state index is 0.303. The first-order valence-electron chi connectivity index (χ1n) is 13.7. The van der Waals surface area contributed by atoms with Gasteiger partial charge < -0.3 is 9.47 Å². The normalized spacial score (nSPS) is 29.4. The summed E-state index contributed by atoms with van der Waals surface area (Å²) >= 11 is 3.54. The van der Waals surface area contributed by atoms with Crippen molar-refractivity contribution in [2.45, 2.75) is 57.2 Å². The summed E-state index contributed by atoms with van der Waals surface area (Å²) in [6.45, 7) is 4.33. The highest BCUT2D eigenvalue weighted by molar-refractivity contribution is 9.10. The van der Waals surface area contributed by atoms with Gasteiger partial charge in [-0.2, -0.15) is 0 Å². The molecule has 186 valence electrons. The largest absolute Gasteiger partial charge is 0.342 e. The number of aromatic nitrogens is 1. The molecule has 0 aliphatic carbocycles. The van der Waals surface area contributed by atoms with Gasteiger partial charge in [-0.1, -0.05) is 46.3 Å². The van der Waals surface area contributed by atoms with Crippen LogP contribution in [-0.2, 0) is 11.3 Å². The number of piperidine rings is 4. The Morgan fingerprint density at radius 3 is 2.64 bits per heavy atom. The van der Waals surface area contributed by atoms with Crippen LogP contribution in [0.4, 0.5) is 0 Å². The number of rotatable bonds is 3. The summed E-state index contributed by atoms with van der Waals surface area (Å²) in [7, 11) is 0. The average molecular weight is 545 g/mol. The Labute approximate surface area is 222 Å². The highest BCUT2D eigenvalue weighted by atomic mass is 79.9. The van der Waals surface area contributed by atoms with Crippen LogP contribution in [0.1, 0.15) is 49.7 Å². The maximum atomic E-state index is 13.9. The zero-order chi connectivity index (χ0) is 24.2. The molecule has 4 aliphatic heterocycles. The molecule has 4 nitrogen and oxygen atoms in total. The number of carbonyl (C=O) groups is 1. The zero-order valence-corrected chi connectivity index (χ0v) is 22.4. The number of amides is 1. The lowest BCUT2D eigenvalue weighted by atomic mass is 9.67. The van der Waals surface area contributed by atoms with Crippen LogP contribution in [0.2, 0.25) is 0 Å². The van der Waals surface area contributed by atoms with Crippen LogP contribution in [0.5, 0.6) is 0 Å². The van der Waals surface area contributed by atoms with Gasteiger partial charge in [-0.05, 0) is 93.3 Å². The van der Waals surface area contributed by atoms with E-state index in [0.29, 0.717) is 23.8 Å². The summed E-state index contributed by atoms with van der Waals surface area (Å²) in [6.07, 6.45) is 11.7. The van der Waals surface area contributed by atoms with E-state index in [-0.39, 0.29) is 0 Å². The van der Waals surface area contributed by atoms with Gasteiger partial charge in [-0.3, -0.25) is 9.69 Å². The first kappa shape index (κ1) is 22.8. The van der Waals surface area contributed by atoms with Crippen molar-refractivity contribution < 1.29 is 4.79 Å². The van der Waals surface area contributed by atoms with Crippen molar-refractivity contribution >= 4 is 38.8 Å². The Morgan fingerprint density at radius 1 is 0.972 bits per heavy atom. The minimum Gasteiger partial charge on any atom is -0.342 e. The standard InChI is InChI=1S/C31H34BrN3O/c32-25-12-9-21(10-13-25)18-34-19-24(26-6-1-2-8-28(26)34)17-22-11-14-29-27-7-4-16-33-15-3-5-23(30(27)33)20-35(29)31(22)36/h1-2,6,8-10,12-13,17,19,23,27,29-30H,3-5,7,11,14-16,18,20H2/b22-17+/t23-,27-,29-,30+/m1/s1. The van der Waals surface area contributed by atoms with E-state index in [2.05, 4.69) is 91.1 Å². The number of nitrogens with zero attached hydrogens (tertiary/aromatic N) is 3. The molecule has 0 spiro atoms. The van der Waals surface area contributed by atoms with Gasteiger partial charge in [0, 0.05) is 57.9 Å². The molecular formula is C31H34BrN3O. The first-order chi connectivity index (χ1) is 17.7. The number of para-hydroxylation sites is 1. The van der Waals surface area contributed by atoms with E-state index >= 15 is 0 Å². The van der Waals surface area contributed by atoms with Crippen LogP contribution < -0.4 is 0 Å². The maximum Gasteiger partial charge on any atom is 0.250 e. The van der Waals surface area contributed by atoms with Crippen molar-refractivity contribution in [1.29, 1.82) is 0 Å². The van der Waals surface area contributed by atoms with Crippen molar-refractivity contribution in [2.75, 3.05) is 19.6 Å². The molecular weight excluding hydrogens is 510 g/mol. The summed E-state index contributed by atoms with van der Waals surface area (Å²) in [5.41, 5.74) is 4.66. The molecule has 0 bridgehead atoms. The average Bonchev–Trinajstić information content (AvgIpc) is 3.25. The molecule has 4 saturated heterocycles. The van der Waals surface area contributed by atoms with Crippen LogP contribution in [-0.4, -0.2) is 52.0 Å². The zero-order valence-electron chi connectivity index (χ0n) is 20.8. The van der Waals surface area contributed by atoms with E-state index in [1.54, 1.807) is 0 Å². The third-order valence-electron chi connectivity index (χ3n) is 9.33. The van der Waals surface area contributed by atoms with Crippen LogP contribution in [0.3, 0.4) is 0 Å². The van der Waals surface area contributed by atoms with E-state index < -0.39 is 0 Å². The predicted octanol–water partition coefficient (Wildman–Crippen LogP) is 6.33. The van der Waals surface area contributed by atoms with Gasteiger partial charge in [0.25, 0.3) is 0 Å². The number of benzene rings is 2. The van der Waals surface area contributed by atoms with Crippen LogP contribution in [0.25, 0.3) is 17.0 Å². The number of hydrogen-bond acceptors (Lipinski definition) is 2. The smallest absolute Gasteiger partial charge is 0.250 e. The summed E-state index contributed by atoms with van der Waals surface area (Å²) in [5.74, 6) is 1.64. The topological polar surface area (TPSA) is 28.5 Å². The highest BCUT2D eigenvalue weighted by Gasteiger charge is 2.51. The fourth-order valence-electron chi connectivity index (χ4n) is 7.82. The SMILES string of the molecule is O=C1/C(=C/c2cn(Cc3ccc(Br)cc3)c3ccccc23)CC[C@@H]2[C@H]3CCCN4CCC[C@H](CN12)[C@@H]34. The summed E-state index contributed by atoms with van der Waals surface area (Å²) in [6, 6.07) is 18.3. The van der Waals surface area contributed by atoms with Crippen molar-refractivity contribution in [2.24, 2.45) is 11.8 Å². The lowest BCUT2D eigenvalue weighted by Gasteiger charge is -2.58. The molecule has 1 aromatic heterocycles. The van der Waals surface area contributed by atoms with Crippen molar-refractivity contribution in [3.05, 3.63) is 75.9 Å². The second-order valence-electron chi connectivity index (χ2n) is 11.3. The van der Waals surface area contributed by atoms with E-state index in [4.69, 9.17) is 0 Å². The number of carbonyl (C=O) groups excluding carboxylic acids is 1. The fourth-order valence-corrected chi connectivity index (χ4v) is 8.09. The molecule has 0 radical (unpaired) electrons. The molecule has 0 saturated carbocycles. The maximum absolute atomic E-state index is 13.9. The second kappa shape index (κ2) is 9.18. The molecule has 36 heavy (non-hydrogen) atoms. The summed E-state index contributed by atoms with van der Waals surface area (Å²) in [4.78, 5) is 19.0. The van der Waals surface area contributed by atoms with Crippen LogP contribution >= 0.6 is 15.9 Å². The van der Waals surface area contributed by atoms with Gasteiger partial charge in [-0.25, -0.2) is 0 Å². The second-order valence-corrected chi connectivity index (χ2v) is 12.2. The van der Waals surface area contributed by atoms with E-state index in [1.807, 2.05) is 0 Å². The van der Waals surface area contributed by atoms with Crippen LogP contribution in [0, 0.1) is 11.8 Å². The van der Waals surface area contributed by atoms with E-state index in [0.717, 1.165) is 42.0 Å². The lowest BCUT2D eigenvalue weighted by Crippen LogP contribution is -2.66. The highest BCUT2D eigenvalue weighted by Crippen LogP contribution is 2.45. The van der Waals surface area contributed by atoms with Gasteiger partial charge in [0.1, 0.15) is 0 Å². The molecule has 0 unspecified atom stereocenters. The quantitative estimate of drug-likeness (QED) is 0.361. The fraction of sp³-hybridized carbons (Fsp3) is 0.452. The Hall–Kier alpha value is -2.37. The Balaban J connectivity index is 1.19. The number of halogens is 1. The molecule has 4 fully saturated rings. The summed E-state index contributed by atoms with van der Waals surface area (Å²) < 4.78 is 3.42. The molecule has 2 aromatic carbocycles. The first-order valence-corrected chi connectivity index (χ1v) is 14.5. The Bertz CT molecular complexity index is 1320. The monoisotopic (exact) mass is 543 g/mol. The molecule has 4 atom stereocenters. The van der Waals surface area contributed by atoms with Gasteiger partial charge >= 0.3 is 0 Å². The lowest BCUT2D eigenvalue weighted by molar-refractivity contribution is -0.145.